The highest BCUT2D eigenvalue weighted by Crippen LogP contribution is 2.19. The molecular formula is C13H18N4S. The summed E-state index contributed by atoms with van der Waals surface area (Å²) in [6.07, 6.45) is 5.62. The monoisotopic (exact) mass is 262 g/mol. The Morgan fingerprint density at radius 1 is 1.28 bits per heavy atom. The van der Waals surface area contributed by atoms with Gasteiger partial charge in [0.05, 0.1) is 0 Å². The molecule has 2 aromatic rings. The Balaban J connectivity index is 1.88. The molecule has 0 aliphatic rings. The average molecular weight is 262 g/mol. The van der Waals surface area contributed by atoms with Crippen LogP contribution in [0.3, 0.4) is 0 Å². The zero-order valence-corrected chi connectivity index (χ0v) is 11.6. The zero-order valence-electron chi connectivity index (χ0n) is 10.8. The first-order chi connectivity index (χ1) is 8.78. The minimum Gasteiger partial charge on any atom is -0.362 e. The van der Waals surface area contributed by atoms with Crippen LogP contribution in [0.15, 0.2) is 30.7 Å². The van der Waals surface area contributed by atoms with Crippen LogP contribution in [0.25, 0.3) is 0 Å². The van der Waals surface area contributed by atoms with E-state index in [1.54, 1.807) is 11.3 Å². The van der Waals surface area contributed by atoms with Crippen LogP contribution in [0.5, 0.6) is 0 Å². The summed E-state index contributed by atoms with van der Waals surface area (Å²) in [6, 6.07) is 4.10. The second-order valence-electron chi connectivity index (χ2n) is 4.19. The molecule has 2 heterocycles. The first-order valence-electron chi connectivity index (χ1n) is 6.04. The number of nitrogens with zero attached hydrogens (tertiary/aromatic N) is 3. The van der Waals surface area contributed by atoms with Crippen molar-refractivity contribution in [1.82, 2.24) is 14.9 Å². The van der Waals surface area contributed by atoms with Gasteiger partial charge in [0.2, 0.25) is 0 Å². The number of rotatable bonds is 6. The smallest absolute Gasteiger partial charge is 0.182 e. The molecule has 0 aromatic carbocycles. The Bertz CT molecular complexity index is 469. The van der Waals surface area contributed by atoms with Crippen LogP contribution in [0.1, 0.15) is 17.4 Å². The number of anilines is 1. The van der Waals surface area contributed by atoms with Crippen LogP contribution < -0.4 is 5.32 Å². The van der Waals surface area contributed by atoms with E-state index in [-0.39, 0.29) is 0 Å². The van der Waals surface area contributed by atoms with Gasteiger partial charge in [0, 0.05) is 43.1 Å². The maximum absolute atomic E-state index is 4.34. The van der Waals surface area contributed by atoms with E-state index in [1.165, 1.54) is 10.4 Å². The summed E-state index contributed by atoms with van der Waals surface area (Å²) >= 11 is 1.72. The van der Waals surface area contributed by atoms with Gasteiger partial charge in [-0.2, -0.15) is 0 Å². The van der Waals surface area contributed by atoms with Crippen molar-refractivity contribution in [1.29, 1.82) is 0 Å². The van der Waals surface area contributed by atoms with Crippen molar-refractivity contribution in [3.63, 3.8) is 0 Å². The number of nitrogens with one attached hydrogen (secondary N) is 1. The van der Waals surface area contributed by atoms with Crippen molar-refractivity contribution in [2.75, 3.05) is 18.9 Å². The lowest BCUT2D eigenvalue weighted by atomic mass is 10.2. The number of hydrogen-bond acceptors (Lipinski definition) is 5. The van der Waals surface area contributed by atoms with Gasteiger partial charge in [-0.3, -0.25) is 9.88 Å². The Kier molecular flexibility index (Phi) is 4.66. The minimum absolute atomic E-state index is 0.916. The van der Waals surface area contributed by atoms with E-state index < -0.39 is 0 Å². The second-order valence-corrected chi connectivity index (χ2v) is 5.31. The Morgan fingerprint density at radius 2 is 2.06 bits per heavy atom. The Morgan fingerprint density at radius 3 is 2.78 bits per heavy atom. The molecule has 0 amide bonds. The average Bonchev–Trinajstić information content (AvgIpc) is 2.78. The van der Waals surface area contributed by atoms with Crippen LogP contribution in [-0.2, 0) is 13.1 Å². The first kappa shape index (κ1) is 13.0. The maximum atomic E-state index is 4.34. The summed E-state index contributed by atoms with van der Waals surface area (Å²) in [5, 5.41) is 4.24. The van der Waals surface area contributed by atoms with E-state index in [0.29, 0.717) is 0 Å². The van der Waals surface area contributed by atoms with Crippen molar-refractivity contribution in [3.8, 4) is 0 Å². The fourth-order valence-corrected chi connectivity index (χ4v) is 2.70. The predicted molar refractivity (Wildman–Crippen MR) is 75.7 cm³/mol. The van der Waals surface area contributed by atoms with Crippen LogP contribution in [0, 0.1) is 0 Å². The molecule has 0 aliphatic heterocycles. The first-order valence-corrected chi connectivity index (χ1v) is 6.85. The summed E-state index contributed by atoms with van der Waals surface area (Å²) in [7, 11) is 2.12. The summed E-state index contributed by atoms with van der Waals surface area (Å²) in [4.78, 5) is 11.9. The molecule has 0 spiro atoms. The number of hydrogen-bond donors (Lipinski definition) is 1. The van der Waals surface area contributed by atoms with Crippen LogP contribution in [-0.4, -0.2) is 28.5 Å². The topological polar surface area (TPSA) is 41.1 Å². The third-order valence-electron chi connectivity index (χ3n) is 2.51. The molecule has 0 saturated heterocycles. The SMILES string of the molecule is CCNc1ncc(CN(C)Cc2ccncc2)s1. The van der Waals surface area contributed by atoms with Crippen molar-refractivity contribution in [2.24, 2.45) is 0 Å². The molecule has 0 fully saturated rings. The van der Waals surface area contributed by atoms with Crippen molar-refractivity contribution < 1.29 is 0 Å². The molecular weight excluding hydrogens is 244 g/mol. The van der Waals surface area contributed by atoms with Gasteiger partial charge in [0.15, 0.2) is 5.13 Å². The quantitative estimate of drug-likeness (QED) is 0.869. The van der Waals surface area contributed by atoms with Gasteiger partial charge < -0.3 is 5.32 Å². The predicted octanol–water partition coefficient (Wildman–Crippen LogP) is 2.60. The number of pyridine rings is 1. The molecule has 0 radical (unpaired) electrons. The lowest BCUT2D eigenvalue weighted by Gasteiger charge is -2.14. The highest BCUT2D eigenvalue weighted by molar-refractivity contribution is 7.15. The van der Waals surface area contributed by atoms with Gasteiger partial charge in [-0.1, -0.05) is 0 Å². The molecule has 0 aliphatic carbocycles. The van der Waals surface area contributed by atoms with Gasteiger partial charge in [-0.25, -0.2) is 4.98 Å². The lowest BCUT2D eigenvalue weighted by molar-refractivity contribution is 0.321. The molecule has 0 bridgehead atoms. The Hall–Kier alpha value is -1.46. The molecule has 0 saturated carbocycles. The molecule has 5 heteroatoms. The number of aromatic nitrogens is 2. The molecule has 18 heavy (non-hydrogen) atoms. The third kappa shape index (κ3) is 3.78. The Labute approximate surface area is 112 Å². The summed E-state index contributed by atoms with van der Waals surface area (Å²) < 4.78 is 0. The van der Waals surface area contributed by atoms with Crippen molar-refractivity contribution in [3.05, 3.63) is 41.2 Å². The minimum atomic E-state index is 0.916. The lowest BCUT2D eigenvalue weighted by Crippen LogP contribution is -2.16. The molecule has 1 N–H and O–H groups in total. The second kappa shape index (κ2) is 6.47. The molecule has 0 unspecified atom stereocenters. The fourth-order valence-electron chi connectivity index (χ4n) is 1.74. The summed E-state index contributed by atoms with van der Waals surface area (Å²) in [6.45, 7) is 4.85. The van der Waals surface area contributed by atoms with E-state index >= 15 is 0 Å². The summed E-state index contributed by atoms with van der Waals surface area (Å²) in [5.41, 5.74) is 1.28. The van der Waals surface area contributed by atoms with Gasteiger partial charge in [-0.15, -0.1) is 11.3 Å². The molecule has 2 rings (SSSR count). The molecule has 4 nitrogen and oxygen atoms in total. The van der Waals surface area contributed by atoms with Crippen LogP contribution in [0.2, 0.25) is 0 Å². The van der Waals surface area contributed by atoms with E-state index in [2.05, 4.69) is 34.2 Å². The molecule has 2 aromatic heterocycles. The normalized spacial score (nSPS) is 10.8. The standard InChI is InChI=1S/C13H18N4S/c1-3-15-13-16-8-12(18-13)10-17(2)9-11-4-6-14-7-5-11/h4-8H,3,9-10H2,1-2H3,(H,15,16). The summed E-state index contributed by atoms with van der Waals surface area (Å²) in [5.74, 6) is 0. The zero-order chi connectivity index (χ0) is 12.8. The van der Waals surface area contributed by atoms with E-state index in [0.717, 1.165) is 24.8 Å². The van der Waals surface area contributed by atoms with Gasteiger partial charge in [-0.05, 0) is 31.7 Å². The third-order valence-corrected chi connectivity index (χ3v) is 3.45. The number of thiazole rings is 1. The molecule has 0 atom stereocenters. The fraction of sp³-hybridized carbons (Fsp3) is 0.385. The van der Waals surface area contributed by atoms with Crippen LogP contribution >= 0.6 is 11.3 Å². The van der Waals surface area contributed by atoms with Gasteiger partial charge in [0.1, 0.15) is 0 Å². The van der Waals surface area contributed by atoms with Gasteiger partial charge in [0.25, 0.3) is 0 Å². The van der Waals surface area contributed by atoms with Gasteiger partial charge >= 0.3 is 0 Å². The maximum Gasteiger partial charge on any atom is 0.182 e. The van der Waals surface area contributed by atoms with Crippen LogP contribution in [0.4, 0.5) is 5.13 Å². The highest BCUT2D eigenvalue weighted by Gasteiger charge is 2.05. The van der Waals surface area contributed by atoms with E-state index in [1.807, 2.05) is 30.7 Å². The molecule has 96 valence electrons. The highest BCUT2D eigenvalue weighted by atomic mass is 32.1. The largest absolute Gasteiger partial charge is 0.362 e. The van der Waals surface area contributed by atoms with Crippen molar-refractivity contribution in [2.45, 2.75) is 20.0 Å². The van der Waals surface area contributed by atoms with E-state index in [9.17, 15) is 0 Å². The van der Waals surface area contributed by atoms with E-state index in [4.69, 9.17) is 0 Å². The van der Waals surface area contributed by atoms with Crippen molar-refractivity contribution >= 4 is 16.5 Å².